The Kier molecular flexibility index (Phi) is 7.12. The highest BCUT2D eigenvalue weighted by Crippen LogP contribution is 2.32. The molecular weight excluding hydrogens is 401 g/mol. The van der Waals surface area contributed by atoms with Crippen LogP contribution in [0.3, 0.4) is 0 Å². The summed E-state index contributed by atoms with van der Waals surface area (Å²) >= 11 is 0. The zero-order valence-electron chi connectivity index (χ0n) is 16.8. The van der Waals surface area contributed by atoms with Gasteiger partial charge >= 0.3 is 23.7 Å². The van der Waals surface area contributed by atoms with Gasteiger partial charge in [0.15, 0.2) is 0 Å². The fourth-order valence-electron chi connectivity index (χ4n) is 2.87. The number of hydrogen-bond donors (Lipinski definition) is 1. The summed E-state index contributed by atoms with van der Waals surface area (Å²) in [6.45, 7) is 5.33. The van der Waals surface area contributed by atoms with Crippen LogP contribution in [-0.4, -0.2) is 29.3 Å². The van der Waals surface area contributed by atoms with Crippen LogP contribution in [0.5, 0.6) is 5.75 Å². The molecule has 0 fully saturated rings. The number of aliphatic carboxylic acids is 1. The van der Waals surface area contributed by atoms with Crippen molar-refractivity contribution in [3.8, 4) is 5.75 Å². The van der Waals surface area contributed by atoms with Gasteiger partial charge in [-0.15, -0.1) is 0 Å². The molecule has 0 heterocycles. The third kappa shape index (κ3) is 5.31. The Morgan fingerprint density at radius 3 is 2.20 bits per heavy atom. The summed E-state index contributed by atoms with van der Waals surface area (Å²) in [6, 6.07) is 10.6. The van der Waals surface area contributed by atoms with Crippen molar-refractivity contribution in [2.24, 2.45) is 0 Å². The molecule has 1 unspecified atom stereocenters. The largest absolute Gasteiger partial charge is 0.478 e. The van der Waals surface area contributed by atoms with E-state index in [9.17, 15) is 27.9 Å². The first kappa shape index (κ1) is 23.3. The first-order valence-electron chi connectivity index (χ1n) is 9.35. The first-order valence-corrected chi connectivity index (χ1v) is 9.35. The van der Waals surface area contributed by atoms with E-state index in [1.807, 2.05) is 13.8 Å². The molecule has 0 saturated heterocycles. The topological polar surface area (TPSA) is 72.8 Å². The Balaban J connectivity index is 2.48. The number of rotatable bonds is 8. The van der Waals surface area contributed by atoms with Gasteiger partial charge in [0.2, 0.25) is 0 Å². The smallest absolute Gasteiger partial charge is 0.416 e. The molecule has 2 rings (SSSR count). The molecule has 0 amide bonds. The predicted octanol–water partition coefficient (Wildman–Crippen LogP) is 4.84. The summed E-state index contributed by atoms with van der Waals surface area (Å²) in [6.07, 6.45) is -5.25. The van der Waals surface area contributed by atoms with Crippen LogP contribution in [0.25, 0.3) is 0 Å². The van der Waals surface area contributed by atoms with Crippen LogP contribution in [0, 0.1) is 0 Å². The average molecular weight is 424 g/mol. The summed E-state index contributed by atoms with van der Waals surface area (Å²) in [5.74, 6) is -2.55. The number of carbonyl (C=O) groups excluding carboxylic acids is 1. The maximum Gasteiger partial charge on any atom is 0.416 e. The summed E-state index contributed by atoms with van der Waals surface area (Å²) < 4.78 is 49.6. The average Bonchev–Trinajstić information content (AvgIpc) is 2.67. The molecule has 0 bridgehead atoms. The molecule has 0 spiro atoms. The third-order valence-corrected chi connectivity index (χ3v) is 4.50. The molecule has 2 aromatic rings. The van der Waals surface area contributed by atoms with E-state index < -0.39 is 35.7 Å². The van der Waals surface area contributed by atoms with Gasteiger partial charge in [-0.25, -0.2) is 9.59 Å². The van der Waals surface area contributed by atoms with Crippen molar-refractivity contribution in [2.45, 2.75) is 44.9 Å². The van der Waals surface area contributed by atoms with Crippen LogP contribution in [-0.2, 0) is 26.9 Å². The highest BCUT2D eigenvalue weighted by atomic mass is 19.4. The van der Waals surface area contributed by atoms with E-state index in [0.29, 0.717) is 0 Å². The van der Waals surface area contributed by atoms with E-state index in [0.717, 1.165) is 23.8 Å². The molecule has 0 radical (unpaired) electrons. The van der Waals surface area contributed by atoms with Gasteiger partial charge in [0.25, 0.3) is 0 Å². The summed E-state index contributed by atoms with van der Waals surface area (Å²) in [5.41, 5.74) is -2.56. The summed E-state index contributed by atoms with van der Waals surface area (Å²) in [7, 11) is 0. The monoisotopic (exact) mass is 424 g/mol. The van der Waals surface area contributed by atoms with Crippen molar-refractivity contribution in [1.29, 1.82) is 0 Å². The molecule has 1 N–H and O–H groups in total. The van der Waals surface area contributed by atoms with Gasteiger partial charge in [-0.2, -0.15) is 13.2 Å². The third-order valence-electron chi connectivity index (χ3n) is 4.50. The Morgan fingerprint density at radius 1 is 1.07 bits per heavy atom. The number of alkyl halides is 3. The standard InChI is InChI=1S/C22H23F3O5/c1-4-29-20(28)21(19(26)27,30-18-10-8-16(9-11-18)14(2)3)13-15-6-5-7-17(12-15)22(23,24)25/h5-12,14H,4,13H2,1-3H3,(H,26,27). The van der Waals surface area contributed by atoms with Gasteiger partial charge in [0, 0.05) is 6.42 Å². The fraction of sp³-hybridized carbons (Fsp3) is 0.364. The van der Waals surface area contributed by atoms with E-state index in [-0.39, 0.29) is 23.8 Å². The zero-order chi connectivity index (χ0) is 22.5. The lowest BCUT2D eigenvalue weighted by Gasteiger charge is -2.28. The van der Waals surface area contributed by atoms with E-state index in [2.05, 4.69) is 0 Å². The molecule has 0 saturated carbocycles. The first-order chi connectivity index (χ1) is 14.0. The minimum absolute atomic E-state index is 0.0286. The van der Waals surface area contributed by atoms with Crippen LogP contribution in [0.15, 0.2) is 48.5 Å². The van der Waals surface area contributed by atoms with Crippen LogP contribution >= 0.6 is 0 Å². The van der Waals surface area contributed by atoms with Gasteiger partial charge in [-0.1, -0.05) is 44.2 Å². The number of carboxylic acids is 1. The molecule has 1 atom stereocenters. The molecule has 0 aromatic heterocycles. The van der Waals surface area contributed by atoms with E-state index >= 15 is 0 Å². The molecule has 5 nitrogen and oxygen atoms in total. The SMILES string of the molecule is CCOC(=O)C(Cc1cccc(C(F)(F)F)c1)(Oc1ccc(C(C)C)cc1)C(=O)O. The van der Waals surface area contributed by atoms with Gasteiger partial charge < -0.3 is 14.6 Å². The fourth-order valence-corrected chi connectivity index (χ4v) is 2.87. The Labute approximate surface area is 172 Å². The second kappa shape index (κ2) is 9.19. The van der Waals surface area contributed by atoms with Crippen LogP contribution in [0.2, 0.25) is 0 Å². The highest BCUT2D eigenvalue weighted by Gasteiger charge is 2.51. The lowest BCUT2D eigenvalue weighted by molar-refractivity contribution is -0.176. The van der Waals surface area contributed by atoms with E-state index in [4.69, 9.17) is 9.47 Å². The zero-order valence-corrected chi connectivity index (χ0v) is 16.8. The normalized spacial score (nSPS) is 13.6. The Hall–Kier alpha value is -3.03. The Bertz CT molecular complexity index is 890. The lowest BCUT2D eigenvalue weighted by Crippen LogP contribution is -2.54. The van der Waals surface area contributed by atoms with Crippen molar-refractivity contribution in [3.05, 3.63) is 65.2 Å². The minimum Gasteiger partial charge on any atom is -0.478 e. The molecule has 0 aliphatic rings. The number of carboxylic acid groups (broad SMARTS) is 1. The highest BCUT2D eigenvalue weighted by molar-refractivity contribution is 6.03. The molecular formula is C22H23F3O5. The quantitative estimate of drug-likeness (QED) is 0.485. The summed E-state index contributed by atoms with van der Waals surface area (Å²) in [5, 5.41) is 9.87. The number of benzene rings is 2. The van der Waals surface area contributed by atoms with E-state index in [1.54, 1.807) is 12.1 Å². The van der Waals surface area contributed by atoms with Gasteiger partial charge in [-0.3, -0.25) is 0 Å². The minimum atomic E-state index is -4.61. The van der Waals surface area contributed by atoms with Crippen LogP contribution in [0.4, 0.5) is 13.2 Å². The van der Waals surface area contributed by atoms with Crippen molar-refractivity contribution in [3.63, 3.8) is 0 Å². The maximum absolute atomic E-state index is 13.0. The van der Waals surface area contributed by atoms with Crippen LogP contribution in [0.1, 0.15) is 43.4 Å². The number of halogens is 3. The van der Waals surface area contributed by atoms with Gasteiger partial charge in [0.05, 0.1) is 12.2 Å². The van der Waals surface area contributed by atoms with Gasteiger partial charge in [-0.05, 0) is 42.2 Å². The number of ether oxygens (including phenoxy) is 2. The summed E-state index contributed by atoms with van der Waals surface area (Å²) in [4.78, 5) is 24.8. The van der Waals surface area contributed by atoms with Crippen molar-refractivity contribution < 1.29 is 37.3 Å². The predicted molar refractivity (Wildman–Crippen MR) is 103 cm³/mol. The number of esters is 1. The van der Waals surface area contributed by atoms with E-state index in [1.165, 1.54) is 25.1 Å². The Morgan fingerprint density at radius 2 is 1.70 bits per heavy atom. The second-order valence-electron chi connectivity index (χ2n) is 7.05. The van der Waals surface area contributed by atoms with Crippen LogP contribution < -0.4 is 4.74 Å². The lowest BCUT2D eigenvalue weighted by atomic mass is 9.93. The molecule has 30 heavy (non-hydrogen) atoms. The molecule has 8 heteroatoms. The van der Waals surface area contributed by atoms with Gasteiger partial charge in [0.1, 0.15) is 5.75 Å². The number of hydrogen-bond acceptors (Lipinski definition) is 4. The van der Waals surface area contributed by atoms with Crippen molar-refractivity contribution >= 4 is 11.9 Å². The maximum atomic E-state index is 13.0. The van der Waals surface area contributed by atoms with Crippen molar-refractivity contribution in [1.82, 2.24) is 0 Å². The molecule has 2 aromatic carbocycles. The van der Waals surface area contributed by atoms with Crippen molar-refractivity contribution in [2.75, 3.05) is 6.61 Å². The molecule has 0 aliphatic heterocycles. The number of carbonyl (C=O) groups is 2. The molecule has 162 valence electrons. The second-order valence-corrected chi connectivity index (χ2v) is 7.05. The molecule has 0 aliphatic carbocycles.